The molecular formula is C16H16FNO. The lowest BCUT2D eigenvalue weighted by molar-refractivity contribution is 0.545. The smallest absolute Gasteiger partial charge is 0.136 e. The second-order valence-corrected chi connectivity index (χ2v) is 4.61. The van der Waals surface area contributed by atoms with E-state index >= 15 is 0 Å². The summed E-state index contributed by atoms with van der Waals surface area (Å²) in [7, 11) is 0. The van der Waals surface area contributed by atoms with E-state index in [-0.39, 0.29) is 5.82 Å². The first kappa shape index (κ1) is 13.1. The third-order valence-corrected chi connectivity index (χ3v) is 2.83. The first-order chi connectivity index (χ1) is 8.97. The van der Waals surface area contributed by atoms with Crippen molar-refractivity contribution in [2.45, 2.75) is 13.8 Å². The van der Waals surface area contributed by atoms with Crippen molar-refractivity contribution < 1.29 is 8.81 Å². The van der Waals surface area contributed by atoms with Crippen LogP contribution in [0.2, 0.25) is 0 Å². The lowest BCUT2D eigenvalue weighted by Crippen LogP contribution is -2.18. The lowest BCUT2D eigenvalue weighted by Gasteiger charge is -1.96. The zero-order chi connectivity index (χ0) is 14.0. The maximum absolute atomic E-state index is 12.9. The Hall–Kier alpha value is -2.29. The van der Waals surface area contributed by atoms with Gasteiger partial charge in [-0.3, -0.25) is 0 Å². The van der Waals surface area contributed by atoms with Crippen LogP contribution < -0.4 is 16.4 Å². The molecule has 98 valence electrons. The van der Waals surface area contributed by atoms with Crippen LogP contribution in [0, 0.1) is 5.82 Å². The van der Waals surface area contributed by atoms with E-state index in [0.717, 1.165) is 16.4 Å². The van der Waals surface area contributed by atoms with Crippen molar-refractivity contribution in [3.63, 3.8) is 0 Å². The quantitative estimate of drug-likeness (QED) is 0.898. The van der Waals surface area contributed by atoms with E-state index < -0.39 is 0 Å². The molecule has 2 aromatic rings. The molecule has 0 aliphatic heterocycles. The van der Waals surface area contributed by atoms with Crippen molar-refractivity contribution in [1.82, 2.24) is 0 Å². The standard InChI is InChI=1S/C16H16FNO/c1-10(2)14(18)9-15-11(3)8-16(19-15)12-4-6-13(17)7-5-12/h4-9H,3,18H2,1-2H3/b15-9+. The van der Waals surface area contributed by atoms with Crippen molar-refractivity contribution in [3.05, 3.63) is 58.1 Å². The van der Waals surface area contributed by atoms with Gasteiger partial charge in [0.25, 0.3) is 0 Å². The number of halogens is 1. The second-order valence-electron chi connectivity index (χ2n) is 4.61. The molecule has 0 amide bonds. The van der Waals surface area contributed by atoms with E-state index in [1.165, 1.54) is 12.1 Å². The van der Waals surface area contributed by atoms with Crippen molar-refractivity contribution in [3.8, 4) is 11.3 Å². The van der Waals surface area contributed by atoms with Crippen LogP contribution in [0.4, 0.5) is 4.39 Å². The van der Waals surface area contributed by atoms with Crippen LogP contribution in [0.25, 0.3) is 24.0 Å². The predicted molar refractivity (Wildman–Crippen MR) is 75.9 cm³/mol. The summed E-state index contributed by atoms with van der Waals surface area (Å²) in [5, 5.41) is 0.753. The number of furan rings is 1. The fourth-order valence-corrected chi connectivity index (χ4v) is 1.61. The third kappa shape index (κ3) is 2.94. The molecule has 0 bridgehead atoms. The molecule has 2 rings (SSSR count). The minimum Gasteiger partial charge on any atom is -0.456 e. The van der Waals surface area contributed by atoms with E-state index in [4.69, 9.17) is 10.2 Å². The Morgan fingerprint density at radius 2 is 1.89 bits per heavy atom. The molecule has 19 heavy (non-hydrogen) atoms. The van der Waals surface area contributed by atoms with E-state index in [9.17, 15) is 4.39 Å². The molecule has 0 aliphatic carbocycles. The van der Waals surface area contributed by atoms with E-state index in [1.54, 1.807) is 18.2 Å². The van der Waals surface area contributed by atoms with Crippen molar-refractivity contribution >= 4 is 12.7 Å². The van der Waals surface area contributed by atoms with Gasteiger partial charge in [-0.1, -0.05) is 12.2 Å². The number of nitrogens with two attached hydrogens (primary N) is 1. The Morgan fingerprint density at radius 3 is 2.47 bits per heavy atom. The minimum absolute atomic E-state index is 0.272. The Bertz CT molecular complexity index is 719. The molecule has 2 N–H and O–H groups in total. The van der Waals surface area contributed by atoms with Crippen LogP contribution in [0.5, 0.6) is 0 Å². The van der Waals surface area contributed by atoms with Gasteiger partial charge >= 0.3 is 0 Å². The normalized spacial score (nSPS) is 11.6. The molecule has 3 heteroatoms. The third-order valence-electron chi connectivity index (χ3n) is 2.83. The highest BCUT2D eigenvalue weighted by atomic mass is 19.1. The molecule has 0 spiro atoms. The highest BCUT2D eigenvalue weighted by Gasteiger charge is 2.03. The molecule has 0 aliphatic rings. The molecule has 2 nitrogen and oxygen atoms in total. The van der Waals surface area contributed by atoms with Crippen LogP contribution in [-0.2, 0) is 0 Å². The van der Waals surface area contributed by atoms with Gasteiger partial charge in [-0.05, 0) is 44.2 Å². The van der Waals surface area contributed by atoms with Gasteiger partial charge in [-0.25, -0.2) is 4.39 Å². The van der Waals surface area contributed by atoms with Gasteiger partial charge in [0.1, 0.15) is 17.0 Å². The zero-order valence-corrected chi connectivity index (χ0v) is 11.0. The Morgan fingerprint density at radius 1 is 1.26 bits per heavy atom. The summed E-state index contributed by atoms with van der Waals surface area (Å²) in [5.41, 5.74) is 8.97. The lowest BCUT2D eigenvalue weighted by atomic mass is 10.2. The minimum atomic E-state index is -0.272. The van der Waals surface area contributed by atoms with Gasteiger partial charge in [0, 0.05) is 22.6 Å². The van der Waals surface area contributed by atoms with E-state index in [0.29, 0.717) is 16.9 Å². The largest absolute Gasteiger partial charge is 0.456 e. The molecule has 0 saturated carbocycles. The van der Waals surface area contributed by atoms with Gasteiger partial charge in [-0.2, -0.15) is 0 Å². The maximum Gasteiger partial charge on any atom is 0.136 e. The summed E-state index contributed by atoms with van der Waals surface area (Å²) in [6.07, 6.45) is 1.75. The zero-order valence-electron chi connectivity index (χ0n) is 11.0. The van der Waals surface area contributed by atoms with E-state index in [1.807, 2.05) is 19.9 Å². The Balaban J connectivity index is 2.51. The van der Waals surface area contributed by atoms with Crippen molar-refractivity contribution in [2.75, 3.05) is 0 Å². The fourth-order valence-electron chi connectivity index (χ4n) is 1.61. The van der Waals surface area contributed by atoms with E-state index in [2.05, 4.69) is 6.58 Å². The highest BCUT2D eigenvalue weighted by Crippen LogP contribution is 2.16. The fraction of sp³-hybridized carbons (Fsp3) is 0.125. The maximum atomic E-state index is 12.9. The van der Waals surface area contributed by atoms with Gasteiger partial charge in [0.05, 0.1) is 0 Å². The summed E-state index contributed by atoms with van der Waals surface area (Å²) in [5.74, 6) is 0.378. The van der Waals surface area contributed by atoms with Crippen LogP contribution in [0.3, 0.4) is 0 Å². The van der Waals surface area contributed by atoms with Gasteiger partial charge < -0.3 is 10.2 Å². The monoisotopic (exact) mass is 257 g/mol. The van der Waals surface area contributed by atoms with Crippen molar-refractivity contribution in [1.29, 1.82) is 0 Å². The van der Waals surface area contributed by atoms with Crippen LogP contribution in [0.15, 0.2) is 46.0 Å². The van der Waals surface area contributed by atoms with Crippen LogP contribution >= 0.6 is 0 Å². The average molecular weight is 257 g/mol. The highest BCUT2D eigenvalue weighted by molar-refractivity contribution is 5.58. The van der Waals surface area contributed by atoms with Gasteiger partial charge in [-0.15, -0.1) is 0 Å². The molecule has 0 fully saturated rings. The molecule has 0 unspecified atom stereocenters. The number of hydrogen-bond acceptors (Lipinski definition) is 2. The number of hydrogen-bond donors (Lipinski definition) is 1. The first-order valence-corrected chi connectivity index (χ1v) is 5.97. The van der Waals surface area contributed by atoms with Gasteiger partial charge in [0.2, 0.25) is 0 Å². The summed E-state index contributed by atoms with van der Waals surface area (Å²) in [6, 6.07) is 7.95. The summed E-state index contributed by atoms with van der Waals surface area (Å²) >= 11 is 0. The molecule has 1 aromatic carbocycles. The Labute approximate surface area is 111 Å². The molecule has 1 aromatic heterocycles. The topological polar surface area (TPSA) is 39.2 Å². The molecule has 1 heterocycles. The summed E-state index contributed by atoms with van der Waals surface area (Å²) in [4.78, 5) is 0. The van der Waals surface area contributed by atoms with Gasteiger partial charge in [0.15, 0.2) is 0 Å². The summed E-state index contributed by atoms with van der Waals surface area (Å²) < 4.78 is 18.6. The molecular weight excluding hydrogens is 241 g/mol. The van der Waals surface area contributed by atoms with Crippen molar-refractivity contribution in [2.24, 2.45) is 5.73 Å². The molecule has 0 atom stereocenters. The molecule has 0 radical (unpaired) electrons. The SMILES string of the molecule is C=c1cc(-c2ccc(F)cc2)o/c1=C/C(N)=C(C)C. The number of benzene rings is 1. The molecule has 0 saturated heterocycles. The van der Waals surface area contributed by atoms with Crippen LogP contribution in [0.1, 0.15) is 13.8 Å². The predicted octanol–water partition coefficient (Wildman–Crippen LogP) is 2.53. The number of rotatable bonds is 2. The second kappa shape index (κ2) is 5.14. The summed E-state index contributed by atoms with van der Waals surface area (Å²) in [6.45, 7) is 7.78. The first-order valence-electron chi connectivity index (χ1n) is 5.97. The average Bonchev–Trinajstić information content (AvgIpc) is 2.71. The van der Waals surface area contributed by atoms with Crippen LogP contribution in [-0.4, -0.2) is 0 Å². The Kier molecular flexibility index (Phi) is 3.56. The number of allylic oxidation sites excluding steroid dienone is 2.